The molecule has 0 aliphatic heterocycles. The molecule has 2 amide bonds. The Kier molecular flexibility index (Phi) is 6.42. The number of amides is 2. The maximum Gasteiger partial charge on any atom is 0.416 e. The van der Waals surface area contributed by atoms with Gasteiger partial charge in [0.2, 0.25) is 0 Å². The Morgan fingerprint density at radius 1 is 1.03 bits per heavy atom. The highest BCUT2D eigenvalue weighted by atomic mass is 35.5. The number of halogens is 4. The predicted octanol–water partition coefficient (Wildman–Crippen LogP) is 5.59. The maximum absolute atomic E-state index is 12.9. The van der Waals surface area contributed by atoms with Crippen LogP contribution in [0.5, 0.6) is 5.75 Å². The number of benzene rings is 2. The first-order valence-electron chi connectivity index (χ1n) is 9.84. The third-order valence-corrected chi connectivity index (χ3v) is 4.99. The van der Waals surface area contributed by atoms with Gasteiger partial charge in [-0.05, 0) is 54.6 Å². The van der Waals surface area contributed by atoms with Crippen molar-refractivity contribution in [3.8, 4) is 5.75 Å². The van der Waals surface area contributed by atoms with E-state index in [1.807, 2.05) is 0 Å². The summed E-state index contributed by atoms with van der Waals surface area (Å²) in [5.41, 5.74) is -0.00790. The zero-order valence-electron chi connectivity index (χ0n) is 17.3. The van der Waals surface area contributed by atoms with Gasteiger partial charge in [0, 0.05) is 18.0 Å². The van der Waals surface area contributed by atoms with E-state index in [-0.39, 0.29) is 22.9 Å². The Labute approximate surface area is 195 Å². The van der Waals surface area contributed by atoms with E-state index in [0.717, 1.165) is 18.2 Å². The number of alkyl halides is 3. The molecule has 2 heterocycles. The summed E-state index contributed by atoms with van der Waals surface area (Å²) in [6.07, 6.45) is -2.94. The molecule has 2 aromatic carbocycles. The molecule has 0 spiro atoms. The van der Waals surface area contributed by atoms with Crippen molar-refractivity contribution in [1.29, 1.82) is 0 Å². The summed E-state index contributed by atoms with van der Waals surface area (Å²) < 4.78 is 45.7. The monoisotopic (exact) mass is 488 g/mol. The molecule has 11 heteroatoms. The largest absolute Gasteiger partial charge is 0.487 e. The molecule has 34 heavy (non-hydrogen) atoms. The van der Waals surface area contributed by atoms with Crippen LogP contribution in [0.3, 0.4) is 0 Å². The van der Waals surface area contributed by atoms with Gasteiger partial charge in [0.1, 0.15) is 18.0 Å². The number of rotatable bonds is 5. The van der Waals surface area contributed by atoms with E-state index in [9.17, 15) is 22.8 Å². The third kappa shape index (κ3) is 5.46. The van der Waals surface area contributed by atoms with Crippen LogP contribution in [0.15, 0.2) is 77.7 Å². The van der Waals surface area contributed by atoms with Crippen molar-refractivity contribution in [3.05, 3.63) is 99.6 Å². The lowest BCUT2D eigenvalue weighted by Gasteiger charge is -2.13. The van der Waals surface area contributed by atoms with Crippen LogP contribution in [-0.4, -0.2) is 15.4 Å². The number of nitrogens with zero attached hydrogens (tertiary/aromatic N) is 2. The van der Waals surface area contributed by atoms with E-state index in [2.05, 4.69) is 15.6 Å². The number of nitrogens with one attached hydrogen (secondary N) is 2. The van der Waals surface area contributed by atoms with E-state index >= 15 is 0 Å². The van der Waals surface area contributed by atoms with Crippen LogP contribution in [0.2, 0.25) is 5.02 Å². The summed E-state index contributed by atoms with van der Waals surface area (Å²) in [6, 6.07) is 14.7. The minimum Gasteiger partial charge on any atom is -0.487 e. The summed E-state index contributed by atoms with van der Waals surface area (Å²) in [5, 5.41) is 4.77. The molecule has 0 saturated heterocycles. The Bertz CT molecular complexity index is 1410. The number of hydrogen-bond acceptors (Lipinski definition) is 4. The third-order valence-electron chi connectivity index (χ3n) is 4.66. The molecule has 174 valence electrons. The number of fused-ring (bicyclic) bond motifs is 1. The van der Waals surface area contributed by atoms with Gasteiger partial charge in [0.05, 0.1) is 22.0 Å². The van der Waals surface area contributed by atoms with Gasteiger partial charge in [0.15, 0.2) is 0 Å². The molecule has 4 rings (SSSR count). The van der Waals surface area contributed by atoms with Crippen LogP contribution >= 0.6 is 11.6 Å². The molecule has 7 nitrogen and oxygen atoms in total. The van der Waals surface area contributed by atoms with Gasteiger partial charge in [0.25, 0.3) is 5.56 Å². The van der Waals surface area contributed by atoms with Crippen molar-refractivity contribution in [3.63, 3.8) is 0 Å². The number of carbonyl (C=O) groups excluding carboxylic acids is 1. The van der Waals surface area contributed by atoms with Crippen LogP contribution in [0.4, 0.5) is 29.3 Å². The normalized spacial score (nSPS) is 11.3. The average Bonchev–Trinajstić information content (AvgIpc) is 2.79. The fourth-order valence-corrected chi connectivity index (χ4v) is 3.22. The highest BCUT2D eigenvalue weighted by Gasteiger charge is 2.31. The number of pyridine rings is 1. The fraction of sp³-hybridized carbons (Fsp3) is 0.0870. The Morgan fingerprint density at radius 2 is 1.79 bits per heavy atom. The highest BCUT2D eigenvalue weighted by Crippen LogP contribution is 2.33. The molecular weight excluding hydrogens is 473 g/mol. The van der Waals surface area contributed by atoms with E-state index < -0.39 is 17.8 Å². The molecular formula is C23H16ClF3N4O3. The number of urea groups is 1. The smallest absolute Gasteiger partial charge is 0.416 e. The summed E-state index contributed by atoms with van der Waals surface area (Å²) in [4.78, 5) is 28.7. The van der Waals surface area contributed by atoms with Gasteiger partial charge in [-0.1, -0.05) is 17.7 Å². The summed E-state index contributed by atoms with van der Waals surface area (Å²) in [7, 11) is 0. The van der Waals surface area contributed by atoms with Crippen LogP contribution in [0.25, 0.3) is 5.65 Å². The molecule has 0 aliphatic carbocycles. The molecule has 0 saturated carbocycles. The Hall–Kier alpha value is -4.05. The van der Waals surface area contributed by atoms with Crippen LogP contribution in [0, 0.1) is 0 Å². The zero-order valence-corrected chi connectivity index (χ0v) is 18.0. The average molecular weight is 489 g/mol. The van der Waals surface area contributed by atoms with Gasteiger partial charge < -0.3 is 15.4 Å². The molecule has 0 bridgehead atoms. The second-order valence-corrected chi connectivity index (χ2v) is 7.51. The summed E-state index contributed by atoms with van der Waals surface area (Å²) >= 11 is 5.89. The zero-order chi connectivity index (χ0) is 24.3. The minimum absolute atomic E-state index is 0.0335. The number of carbonyl (C=O) groups is 1. The molecule has 0 atom stereocenters. The lowest BCUT2D eigenvalue weighted by Crippen LogP contribution is -2.20. The highest BCUT2D eigenvalue weighted by molar-refractivity contribution is 6.33. The molecule has 0 unspecified atom stereocenters. The Balaban J connectivity index is 1.37. The first kappa shape index (κ1) is 23.1. The molecule has 0 fully saturated rings. The van der Waals surface area contributed by atoms with E-state index in [0.29, 0.717) is 22.8 Å². The molecule has 4 aromatic rings. The first-order valence-corrected chi connectivity index (χ1v) is 10.2. The molecule has 2 aromatic heterocycles. The van der Waals surface area contributed by atoms with Crippen molar-refractivity contribution in [2.45, 2.75) is 12.8 Å². The predicted molar refractivity (Wildman–Crippen MR) is 121 cm³/mol. The van der Waals surface area contributed by atoms with Crippen LogP contribution < -0.4 is 20.9 Å². The number of ether oxygens (including phenoxy) is 1. The fourth-order valence-electron chi connectivity index (χ4n) is 3.05. The topological polar surface area (TPSA) is 84.7 Å². The second-order valence-electron chi connectivity index (χ2n) is 7.10. The van der Waals surface area contributed by atoms with E-state index in [1.54, 1.807) is 48.7 Å². The maximum atomic E-state index is 12.9. The van der Waals surface area contributed by atoms with Gasteiger partial charge in [-0.15, -0.1) is 0 Å². The lowest BCUT2D eigenvalue weighted by atomic mass is 10.2. The van der Waals surface area contributed by atoms with Gasteiger partial charge >= 0.3 is 12.2 Å². The summed E-state index contributed by atoms with van der Waals surface area (Å²) in [6.45, 7) is 0.0575. The SMILES string of the molecule is O=C(Nc1ccc(OCc2cc(=O)n3ccccc3n2)cc1)Nc1cc(C(F)(F)F)ccc1Cl. The summed E-state index contributed by atoms with van der Waals surface area (Å²) in [5.74, 6) is 0.460. The van der Waals surface area contributed by atoms with Crippen LogP contribution in [-0.2, 0) is 12.8 Å². The van der Waals surface area contributed by atoms with Gasteiger partial charge in [-0.25, -0.2) is 9.78 Å². The van der Waals surface area contributed by atoms with Crippen molar-refractivity contribution in [2.24, 2.45) is 0 Å². The van der Waals surface area contributed by atoms with Crippen molar-refractivity contribution in [1.82, 2.24) is 9.38 Å². The van der Waals surface area contributed by atoms with E-state index in [1.165, 1.54) is 10.5 Å². The lowest BCUT2D eigenvalue weighted by molar-refractivity contribution is -0.137. The van der Waals surface area contributed by atoms with Gasteiger partial charge in [-0.2, -0.15) is 13.2 Å². The van der Waals surface area contributed by atoms with Crippen molar-refractivity contribution >= 4 is 34.7 Å². The van der Waals surface area contributed by atoms with Gasteiger partial charge in [-0.3, -0.25) is 9.20 Å². The minimum atomic E-state index is -4.57. The number of hydrogen-bond donors (Lipinski definition) is 2. The standard InChI is InChI=1S/C23H16ClF3N4O3/c24-18-9-4-14(23(25,26)27)11-19(18)30-22(33)29-15-5-7-17(8-6-15)34-13-16-12-21(32)31-10-2-1-3-20(31)28-16/h1-12H,13H2,(H2,29,30,33). The molecule has 2 N–H and O–H groups in total. The van der Waals surface area contributed by atoms with Crippen molar-refractivity contribution in [2.75, 3.05) is 10.6 Å². The van der Waals surface area contributed by atoms with Crippen molar-refractivity contribution < 1.29 is 22.7 Å². The Morgan fingerprint density at radius 3 is 2.53 bits per heavy atom. The first-order chi connectivity index (χ1) is 16.2. The van der Waals surface area contributed by atoms with Crippen LogP contribution in [0.1, 0.15) is 11.3 Å². The number of anilines is 2. The van der Waals surface area contributed by atoms with E-state index in [4.69, 9.17) is 16.3 Å². The molecule has 0 aliphatic rings. The molecule has 0 radical (unpaired) electrons. The number of aromatic nitrogens is 2. The quantitative estimate of drug-likeness (QED) is 0.383. The second kappa shape index (κ2) is 9.44.